The molecule has 0 unspecified atom stereocenters. The lowest BCUT2D eigenvalue weighted by atomic mass is 10.1. The summed E-state index contributed by atoms with van der Waals surface area (Å²) in [6.07, 6.45) is 0.783. The van der Waals surface area contributed by atoms with E-state index in [1.165, 1.54) is 0 Å². The molecule has 1 heterocycles. The third kappa shape index (κ3) is 3.83. The Hall–Kier alpha value is -2.94. The lowest BCUT2D eigenvalue weighted by Gasteiger charge is -2.10. The summed E-state index contributed by atoms with van der Waals surface area (Å²) in [4.78, 5) is 0. The van der Waals surface area contributed by atoms with Gasteiger partial charge in [0.1, 0.15) is 5.75 Å². The second-order valence-corrected chi connectivity index (χ2v) is 5.47. The molecule has 1 aromatic heterocycles. The average Bonchev–Trinajstić information content (AvgIpc) is 2.58. The first-order chi connectivity index (χ1) is 11.2. The third-order valence-electron chi connectivity index (χ3n) is 3.39. The predicted molar refractivity (Wildman–Crippen MR) is 92.5 cm³/mol. The number of benzene rings is 2. The molecule has 0 saturated heterocycles. The number of allylic oxidation sites excluding steroid dienone is 1. The van der Waals surface area contributed by atoms with Gasteiger partial charge in [0.2, 0.25) is 5.88 Å². The van der Waals surface area contributed by atoms with E-state index in [0.717, 1.165) is 34.6 Å². The summed E-state index contributed by atoms with van der Waals surface area (Å²) in [7, 11) is 0. The summed E-state index contributed by atoms with van der Waals surface area (Å²) in [6.45, 7) is 5.97. The highest BCUT2D eigenvalue weighted by molar-refractivity contribution is 5.58. The summed E-state index contributed by atoms with van der Waals surface area (Å²) < 4.78 is 5.89. The zero-order valence-electron chi connectivity index (χ0n) is 13.1. The molecule has 3 heteroatoms. The summed E-state index contributed by atoms with van der Waals surface area (Å²) in [5.74, 6) is 1.27. The van der Waals surface area contributed by atoms with E-state index in [4.69, 9.17) is 4.74 Å². The number of ether oxygens (including phenoxy) is 1. The Morgan fingerprint density at radius 3 is 2.35 bits per heavy atom. The van der Waals surface area contributed by atoms with Crippen LogP contribution in [0.3, 0.4) is 0 Å². The fourth-order valence-corrected chi connectivity index (χ4v) is 2.32. The van der Waals surface area contributed by atoms with Gasteiger partial charge in [-0.2, -0.15) is 0 Å². The monoisotopic (exact) mass is 302 g/mol. The largest absolute Gasteiger partial charge is 0.437 e. The van der Waals surface area contributed by atoms with Crippen molar-refractivity contribution in [2.24, 2.45) is 0 Å². The van der Waals surface area contributed by atoms with E-state index in [-0.39, 0.29) is 0 Å². The van der Waals surface area contributed by atoms with Crippen molar-refractivity contribution in [1.29, 1.82) is 0 Å². The van der Waals surface area contributed by atoms with E-state index in [1.54, 1.807) is 0 Å². The van der Waals surface area contributed by atoms with E-state index in [0.29, 0.717) is 5.88 Å². The number of aromatic nitrogens is 2. The highest BCUT2D eigenvalue weighted by Crippen LogP contribution is 2.26. The Morgan fingerprint density at radius 2 is 1.65 bits per heavy atom. The molecule has 3 rings (SSSR count). The molecule has 0 aliphatic heterocycles. The molecule has 3 aromatic rings. The minimum Gasteiger partial charge on any atom is -0.437 e. The number of para-hydroxylation sites is 1. The van der Waals surface area contributed by atoms with Gasteiger partial charge in [-0.15, -0.1) is 10.2 Å². The van der Waals surface area contributed by atoms with Gasteiger partial charge in [0.25, 0.3) is 0 Å². The lowest BCUT2D eigenvalue weighted by Crippen LogP contribution is -1.96. The standard InChI is InChI=1S/C20H18N2O/c1-15(2)14-17-10-6-7-11-19(17)23-20-13-12-18(21-22-20)16-8-4-3-5-9-16/h3-13H,1,14H2,2H3. The number of nitrogens with zero attached hydrogens (tertiary/aromatic N) is 2. The van der Waals surface area contributed by atoms with Gasteiger partial charge in [0, 0.05) is 11.6 Å². The van der Waals surface area contributed by atoms with E-state index in [2.05, 4.69) is 16.8 Å². The first kappa shape index (κ1) is 15.0. The van der Waals surface area contributed by atoms with Crippen molar-refractivity contribution in [1.82, 2.24) is 10.2 Å². The molecule has 2 aromatic carbocycles. The zero-order chi connectivity index (χ0) is 16.1. The quantitative estimate of drug-likeness (QED) is 0.618. The Balaban J connectivity index is 1.80. The van der Waals surface area contributed by atoms with Gasteiger partial charge in [-0.3, -0.25) is 0 Å². The molecule has 0 amide bonds. The van der Waals surface area contributed by atoms with Crippen LogP contribution >= 0.6 is 0 Å². The van der Waals surface area contributed by atoms with Gasteiger partial charge in [-0.05, 0) is 31.0 Å². The molecule has 0 spiro atoms. The van der Waals surface area contributed by atoms with Crippen molar-refractivity contribution in [2.75, 3.05) is 0 Å². The highest BCUT2D eigenvalue weighted by Gasteiger charge is 2.07. The van der Waals surface area contributed by atoms with Gasteiger partial charge in [0.15, 0.2) is 0 Å². The van der Waals surface area contributed by atoms with Crippen molar-refractivity contribution in [3.63, 3.8) is 0 Å². The van der Waals surface area contributed by atoms with Crippen LogP contribution in [-0.4, -0.2) is 10.2 Å². The predicted octanol–water partition coefficient (Wildman–Crippen LogP) is 5.05. The SMILES string of the molecule is C=C(C)Cc1ccccc1Oc1ccc(-c2ccccc2)nn1. The van der Waals surface area contributed by atoms with E-state index in [1.807, 2.05) is 73.7 Å². The van der Waals surface area contributed by atoms with Crippen molar-refractivity contribution in [3.8, 4) is 22.9 Å². The van der Waals surface area contributed by atoms with Crippen LogP contribution in [0.5, 0.6) is 11.6 Å². The minimum absolute atomic E-state index is 0.485. The third-order valence-corrected chi connectivity index (χ3v) is 3.39. The first-order valence-corrected chi connectivity index (χ1v) is 7.51. The topological polar surface area (TPSA) is 35.0 Å². The Labute approximate surface area is 136 Å². The van der Waals surface area contributed by atoms with Gasteiger partial charge in [-0.25, -0.2) is 0 Å². The molecule has 0 N–H and O–H groups in total. The van der Waals surface area contributed by atoms with Crippen LogP contribution in [0.15, 0.2) is 78.9 Å². The Kier molecular flexibility index (Phi) is 4.48. The number of hydrogen-bond acceptors (Lipinski definition) is 3. The van der Waals surface area contributed by atoms with Crippen molar-refractivity contribution in [3.05, 3.63) is 84.4 Å². The number of rotatable bonds is 5. The zero-order valence-corrected chi connectivity index (χ0v) is 13.1. The molecule has 0 radical (unpaired) electrons. The van der Waals surface area contributed by atoms with E-state index >= 15 is 0 Å². The van der Waals surface area contributed by atoms with Crippen LogP contribution < -0.4 is 4.74 Å². The van der Waals surface area contributed by atoms with Gasteiger partial charge >= 0.3 is 0 Å². The summed E-state index contributed by atoms with van der Waals surface area (Å²) in [5.41, 5.74) is 4.04. The maximum Gasteiger partial charge on any atom is 0.238 e. The molecular weight excluding hydrogens is 284 g/mol. The summed E-state index contributed by atoms with van der Waals surface area (Å²) >= 11 is 0. The lowest BCUT2D eigenvalue weighted by molar-refractivity contribution is 0.451. The van der Waals surface area contributed by atoms with Crippen LogP contribution in [0.1, 0.15) is 12.5 Å². The van der Waals surface area contributed by atoms with Crippen LogP contribution in [0.25, 0.3) is 11.3 Å². The average molecular weight is 302 g/mol. The molecule has 0 saturated carbocycles. The van der Waals surface area contributed by atoms with Crippen LogP contribution in [0, 0.1) is 0 Å². The van der Waals surface area contributed by atoms with Crippen molar-refractivity contribution < 1.29 is 4.74 Å². The molecule has 0 bridgehead atoms. The van der Waals surface area contributed by atoms with E-state index < -0.39 is 0 Å². The van der Waals surface area contributed by atoms with Gasteiger partial charge < -0.3 is 4.74 Å². The van der Waals surface area contributed by atoms with E-state index in [9.17, 15) is 0 Å². The molecule has 0 aliphatic carbocycles. The minimum atomic E-state index is 0.485. The maximum absolute atomic E-state index is 5.89. The maximum atomic E-state index is 5.89. The highest BCUT2D eigenvalue weighted by atomic mass is 16.5. The summed E-state index contributed by atoms with van der Waals surface area (Å²) in [5, 5.41) is 8.42. The van der Waals surface area contributed by atoms with Crippen molar-refractivity contribution in [2.45, 2.75) is 13.3 Å². The molecule has 3 nitrogen and oxygen atoms in total. The molecule has 0 atom stereocenters. The molecule has 0 aliphatic rings. The fraction of sp³-hybridized carbons (Fsp3) is 0.100. The second kappa shape index (κ2) is 6.88. The smallest absolute Gasteiger partial charge is 0.238 e. The molecule has 114 valence electrons. The van der Waals surface area contributed by atoms with Crippen LogP contribution in [0.4, 0.5) is 0 Å². The normalized spacial score (nSPS) is 10.3. The Bertz CT molecular complexity index is 795. The Morgan fingerprint density at radius 1 is 0.913 bits per heavy atom. The van der Waals surface area contributed by atoms with Crippen LogP contribution in [-0.2, 0) is 6.42 Å². The van der Waals surface area contributed by atoms with Crippen molar-refractivity contribution >= 4 is 0 Å². The van der Waals surface area contributed by atoms with Crippen LogP contribution in [0.2, 0.25) is 0 Å². The summed E-state index contributed by atoms with van der Waals surface area (Å²) in [6, 6.07) is 21.6. The molecular formula is C20H18N2O. The second-order valence-electron chi connectivity index (χ2n) is 5.47. The molecule has 0 fully saturated rings. The van der Waals surface area contributed by atoms with Gasteiger partial charge in [0.05, 0.1) is 5.69 Å². The van der Waals surface area contributed by atoms with Gasteiger partial charge in [-0.1, -0.05) is 60.7 Å². The number of hydrogen-bond donors (Lipinski definition) is 0. The first-order valence-electron chi connectivity index (χ1n) is 7.51. The molecule has 23 heavy (non-hydrogen) atoms. The fourth-order valence-electron chi connectivity index (χ4n) is 2.32.